The van der Waals surface area contributed by atoms with Gasteiger partial charge >= 0.3 is 12.1 Å². The fraction of sp³-hybridized carbons (Fsp3) is 0.615. The van der Waals surface area contributed by atoms with Crippen LogP contribution in [0.1, 0.15) is 32.4 Å². The van der Waals surface area contributed by atoms with E-state index in [4.69, 9.17) is 5.11 Å². The van der Waals surface area contributed by atoms with E-state index >= 15 is 0 Å². The topological polar surface area (TPSA) is 75.1 Å². The van der Waals surface area contributed by atoms with Crippen LogP contribution in [0.25, 0.3) is 0 Å². The molecule has 118 valence electrons. The van der Waals surface area contributed by atoms with E-state index in [1.807, 2.05) is 13.8 Å². The van der Waals surface area contributed by atoms with E-state index in [0.29, 0.717) is 18.9 Å². The minimum absolute atomic E-state index is 0.000751. The van der Waals surface area contributed by atoms with E-state index in [2.05, 4.69) is 15.5 Å². The predicted octanol–water partition coefficient (Wildman–Crippen LogP) is 3.04. The van der Waals surface area contributed by atoms with Gasteiger partial charge in [0.1, 0.15) is 5.82 Å². The van der Waals surface area contributed by atoms with Gasteiger partial charge in [0, 0.05) is 13.0 Å². The van der Waals surface area contributed by atoms with Crippen molar-refractivity contribution in [3.8, 4) is 0 Å². The second-order valence-electron chi connectivity index (χ2n) is 5.28. The Balaban J connectivity index is 2.61. The van der Waals surface area contributed by atoms with Crippen LogP contribution in [-0.2, 0) is 11.0 Å². The molecular formula is C13H18F3N3O2. The Morgan fingerprint density at radius 2 is 2.00 bits per heavy atom. The van der Waals surface area contributed by atoms with Crippen LogP contribution in [0.2, 0.25) is 0 Å². The quantitative estimate of drug-likeness (QED) is 0.810. The lowest BCUT2D eigenvalue weighted by Crippen LogP contribution is -2.20. The summed E-state index contributed by atoms with van der Waals surface area (Å²) in [6.07, 6.45) is -3.82. The lowest BCUT2D eigenvalue weighted by atomic mass is 9.94. The fourth-order valence-corrected chi connectivity index (χ4v) is 1.98. The first kappa shape index (κ1) is 17.2. The summed E-state index contributed by atoms with van der Waals surface area (Å²) in [5.74, 6) is -0.496. The Labute approximate surface area is 120 Å². The molecule has 1 aromatic rings. The number of carboxylic acid groups (broad SMARTS) is 1. The molecule has 0 radical (unpaired) electrons. The molecule has 5 nitrogen and oxygen atoms in total. The highest BCUT2D eigenvalue weighted by Crippen LogP contribution is 2.27. The number of nitrogens with zero attached hydrogens (tertiary/aromatic N) is 2. The first-order valence-electron chi connectivity index (χ1n) is 6.55. The van der Waals surface area contributed by atoms with E-state index in [0.717, 1.165) is 6.07 Å². The number of aliphatic carboxylic acids is 1. The third-order valence-electron chi connectivity index (χ3n) is 2.79. The molecule has 0 saturated heterocycles. The number of carbonyl (C=O) groups is 1. The summed E-state index contributed by atoms with van der Waals surface area (Å²) in [6, 6.07) is 2.02. The average molecular weight is 305 g/mol. The van der Waals surface area contributed by atoms with Crippen molar-refractivity contribution < 1.29 is 23.1 Å². The van der Waals surface area contributed by atoms with Gasteiger partial charge in [-0.15, -0.1) is 10.2 Å². The maximum Gasteiger partial charge on any atom is 0.435 e. The number of nitrogens with one attached hydrogen (secondary N) is 1. The minimum Gasteiger partial charge on any atom is -0.481 e. The first-order chi connectivity index (χ1) is 9.68. The Morgan fingerprint density at radius 3 is 2.43 bits per heavy atom. The largest absolute Gasteiger partial charge is 0.481 e. The fourth-order valence-electron chi connectivity index (χ4n) is 1.98. The second-order valence-corrected chi connectivity index (χ2v) is 5.28. The lowest BCUT2D eigenvalue weighted by molar-refractivity contribution is -0.142. The van der Waals surface area contributed by atoms with Crippen molar-refractivity contribution in [3.05, 3.63) is 17.8 Å². The Kier molecular flexibility index (Phi) is 5.92. The second kappa shape index (κ2) is 7.24. The van der Waals surface area contributed by atoms with Crippen molar-refractivity contribution >= 4 is 11.8 Å². The summed E-state index contributed by atoms with van der Waals surface area (Å²) in [6.45, 7) is 4.28. The van der Waals surface area contributed by atoms with E-state index in [1.165, 1.54) is 6.07 Å². The third kappa shape index (κ3) is 6.42. The van der Waals surface area contributed by atoms with Gasteiger partial charge in [-0.25, -0.2) is 0 Å². The van der Waals surface area contributed by atoms with Crippen molar-refractivity contribution in [2.45, 2.75) is 32.9 Å². The summed E-state index contributed by atoms with van der Waals surface area (Å²) >= 11 is 0. The van der Waals surface area contributed by atoms with Gasteiger partial charge in [-0.1, -0.05) is 13.8 Å². The van der Waals surface area contributed by atoms with Gasteiger partial charge in [-0.3, -0.25) is 4.79 Å². The molecule has 0 aliphatic heterocycles. The van der Waals surface area contributed by atoms with Gasteiger partial charge in [0.15, 0.2) is 5.69 Å². The van der Waals surface area contributed by atoms with E-state index in [-0.39, 0.29) is 18.2 Å². The van der Waals surface area contributed by atoms with Gasteiger partial charge in [0.25, 0.3) is 0 Å². The monoisotopic (exact) mass is 305 g/mol. The number of halogens is 3. The van der Waals surface area contributed by atoms with Gasteiger partial charge < -0.3 is 10.4 Å². The molecule has 1 aromatic heterocycles. The number of anilines is 1. The van der Waals surface area contributed by atoms with E-state index < -0.39 is 17.8 Å². The SMILES string of the molecule is CC(C)CC(CNc1ccc(C(F)(F)F)nn1)CC(=O)O. The standard InChI is InChI=1S/C13H18F3N3O2/c1-8(2)5-9(6-12(20)21)7-17-11-4-3-10(18-19-11)13(14,15)16/h3-4,8-9H,5-7H2,1-2H3,(H,17,19)(H,20,21). The normalized spacial score (nSPS) is 13.2. The first-order valence-corrected chi connectivity index (χ1v) is 6.55. The number of carboxylic acids is 1. The average Bonchev–Trinajstić information content (AvgIpc) is 2.34. The molecule has 1 unspecified atom stereocenters. The number of rotatable bonds is 7. The van der Waals surface area contributed by atoms with Crippen LogP contribution in [-0.4, -0.2) is 27.8 Å². The van der Waals surface area contributed by atoms with Crippen LogP contribution >= 0.6 is 0 Å². The minimum atomic E-state index is -4.52. The zero-order chi connectivity index (χ0) is 16.0. The molecular weight excluding hydrogens is 287 g/mol. The zero-order valence-corrected chi connectivity index (χ0v) is 11.8. The molecule has 0 saturated carbocycles. The molecule has 8 heteroatoms. The van der Waals surface area contributed by atoms with E-state index in [9.17, 15) is 18.0 Å². The van der Waals surface area contributed by atoms with Crippen molar-refractivity contribution in [1.82, 2.24) is 10.2 Å². The lowest BCUT2D eigenvalue weighted by Gasteiger charge is -2.18. The van der Waals surface area contributed by atoms with Crippen LogP contribution < -0.4 is 5.32 Å². The summed E-state index contributed by atoms with van der Waals surface area (Å²) in [5.41, 5.74) is -1.06. The number of hydrogen-bond donors (Lipinski definition) is 2. The Morgan fingerprint density at radius 1 is 1.33 bits per heavy atom. The summed E-state index contributed by atoms with van der Waals surface area (Å²) in [5, 5.41) is 18.2. The van der Waals surface area contributed by atoms with Crippen molar-refractivity contribution in [1.29, 1.82) is 0 Å². The molecule has 0 fully saturated rings. The molecule has 0 aromatic carbocycles. The highest BCUT2D eigenvalue weighted by molar-refractivity contribution is 5.67. The Hall–Kier alpha value is -1.86. The van der Waals surface area contributed by atoms with Gasteiger partial charge in [-0.05, 0) is 30.4 Å². The molecule has 2 N–H and O–H groups in total. The van der Waals surface area contributed by atoms with Crippen LogP contribution in [0, 0.1) is 11.8 Å². The van der Waals surface area contributed by atoms with Gasteiger partial charge in [0.05, 0.1) is 0 Å². The molecule has 21 heavy (non-hydrogen) atoms. The molecule has 1 heterocycles. The molecule has 0 spiro atoms. The van der Waals surface area contributed by atoms with Crippen LogP contribution in [0.4, 0.5) is 19.0 Å². The van der Waals surface area contributed by atoms with Crippen molar-refractivity contribution in [2.75, 3.05) is 11.9 Å². The van der Waals surface area contributed by atoms with Crippen LogP contribution in [0.5, 0.6) is 0 Å². The van der Waals surface area contributed by atoms with Crippen molar-refractivity contribution in [2.24, 2.45) is 11.8 Å². The van der Waals surface area contributed by atoms with Crippen LogP contribution in [0.15, 0.2) is 12.1 Å². The van der Waals surface area contributed by atoms with Crippen LogP contribution in [0.3, 0.4) is 0 Å². The maximum atomic E-state index is 12.3. The molecule has 0 bridgehead atoms. The predicted molar refractivity (Wildman–Crippen MR) is 70.7 cm³/mol. The zero-order valence-electron chi connectivity index (χ0n) is 11.8. The van der Waals surface area contributed by atoms with E-state index in [1.54, 1.807) is 0 Å². The summed E-state index contributed by atoms with van der Waals surface area (Å²) in [4.78, 5) is 10.8. The smallest absolute Gasteiger partial charge is 0.435 e. The van der Waals surface area contributed by atoms with Gasteiger partial charge in [0.2, 0.25) is 0 Å². The number of aromatic nitrogens is 2. The summed E-state index contributed by atoms with van der Waals surface area (Å²) in [7, 11) is 0. The Bertz CT molecular complexity index is 461. The number of alkyl halides is 3. The van der Waals surface area contributed by atoms with Crippen molar-refractivity contribution in [3.63, 3.8) is 0 Å². The highest BCUT2D eigenvalue weighted by atomic mass is 19.4. The number of hydrogen-bond acceptors (Lipinski definition) is 4. The highest BCUT2D eigenvalue weighted by Gasteiger charge is 2.32. The molecule has 0 aliphatic carbocycles. The molecule has 1 rings (SSSR count). The molecule has 1 atom stereocenters. The third-order valence-corrected chi connectivity index (χ3v) is 2.79. The summed E-state index contributed by atoms with van der Waals surface area (Å²) < 4.78 is 37.0. The van der Waals surface area contributed by atoms with Gasteiger partial charge in [-0.2, -0.15) is 13.2 Å². The molecule has 0 amide bonds. The maximum absolute atomic E-state index is 12.3. The molecule has 0 aliphatic rings.